The van der Waals surface area contributed by atoms with E-state index in [4.69, 9.17) is 10.7 Å². The van der Waals surface area contributed by atoms with Crippen LogP contribution in [0.4, 0.5) is 0 Å². The number of nitrogens with zero attached hydrogens (tertiary/aromatic N) is 4. The van der Waals surface area contributed by atoms with E-state index in [1.165, 1.54) is 0 Å². The third-order valence-electron chi connectivity index (χ3n) is 4.04. The van der Waals surface area contributed by atoms with Gasteiger partial charge in [-0.2, -0.15) is 0 Å². The number of primary amides is 1. The maximum atomic E-state index is 11.1. The summed E-state index contributed by atoms with van der Waals surface area (Å²) in [7, 11) is 0. The number of nitrogens with two attached hydrogens (primary N) is 1. The lowest BCUT2D eigenvalue weighted by Gasteiger charge is -2.34. The minimum atomic E-state index is -0.209. The molecule has 1 atom stereocenters. The second kappa shape index (κ2) is 11.3. The van der Waals surface area contributed by atoms with Crippen LogP contribution in [0.2, 0.25) is 0 Å². The van der Waals surface area contributed by atoms with Gasteiger partial charge in [0.1, 0.15) is 0 Å². The van der Waals surface area contributed by atoms with Crippen LogP contribution in [0.3, 0.4) is 0 Å². The first-order valence-corrected chi connectivity index (χ1v) is 8.46. The number of aliphatic imine (C=N–C) groups is 1. The summed E-state index contributed by atoms with van der Waals surface area (Å²) < 4.78 is 2.06. The van der Waals surface area contributed by atoms with Crippen LogP contribution in [-0.4, -0.2) is 52.5 Å². The summed E-state index contributed by atoms with van der Waals surface area (Å²) in [5.74, 6) is 1.09. The Labute approximate surface area is 161 Å². The van der Waals surface area contributed by atoms with Crippen LogP contribution >= 0.6 is 24.0 Å². The molecule has 1 fully saturated rings. The molecule has 0 bridgehead atoms. The monoisotopic (exact) mass is 448 g/mol. The Morgan fingerprint density at radius 3 is 3.00 bits per heavy atom. The summed E-state index contributed by atoms with van der Waals surface area (Å²) in [6.07, 6.45) is 9.18. The summed E-state index contributed by atoms with van der Waals surface area (Å²) in [5.41, 5.74) is 5.34. The molecule has 0 aliphatic carbocycles. The number of imidazole rings is 1. The van der Waals surface area contributed by atoms with Crippen molar-refractivity contribution in [2.24, 2.45) is 16.6 Å². The number of guanidine groups is 1. The highest BCUT2D eigenvalue weighted by molar-refractivity contribution is 14.0. The van der Waals surface area contributed by atoms with Gasteiger partial charge in [-0.3, -0.25) is 9.79 Å². The highest BCUT2D eigenvalue weighted by atomic mass is 127. The van der Waals surface area contributed by atoms with Crippen molar-refractivity contribution < 1.29 is 4.79 Å². The molecule has 0 radical (unpaired) electrons. The summed E-state index contributed by atoms with van der Waals surface area (Å²) in [6, 6.07) is 0. The molecule has 1 aromatic heterocycles. The normalized spacial score (nSPS) is 18.1. The molecule has 3 N–H and O–H groups in total. The van der Waals surface area contributed by atoms with E-state index in [-0.39, 0.29) is 29.9 Å². The van der Waals surface area contributed by atoms with Crippen molar-refractivity contribution in [2.45, 2.75) is 39.2 Å². The number of aromatic nitrogens is 2. The van der Waals surface area contributed by atoms with Crippen molar-refractivity contribution >= 4 is 35.8 Å². The molecule has 1 amide bonds. The number of rotatable bonds is 7. The largest absolute Gasteiger partial charge is 0.370 e. The average molecular weight is 448 g/mol. The molecular formula is C16H29IN6O. The number of nitrogens with one attached hydrogen (secondary N) is 1. The first-order chi connectivity index (χ1) is 11.2. The van der Waals surface area contributed by atoms with Crippen LogP contribution in [0.25, 0.3) is 0 Å². The molecule has 2 rings (SSSR count). The summed E-state index contributed by atoms with van der Waals surface area (Å²) >= 11 is 0. The number of halogens is 1. The maximum absolute atomic E-state index is 11.1. The van der Waals surface area contributed by atoms with E-state index >= 15 is 0 Å². The zero-order valence-electron chi connectivity index (χ0n) is 14.4. The Balaban J connectivity index is 0.00000288. The topological polar surface area (TPSA) is 88.5 Å². The van der Waals surface area contributed by atoms with Crippen molar-refractivity contribution in [1.29, 1.82) is 0 Å². The second-order valence-corrected chi connectivity index (χ2v) is 6.01. The van der Waals surface area contributed by atoms with E-state index in [0.717, 1.165) is 57.9 Å². The first-order valence-electron chi connectivity index (χ1n) is 8.46. The van der Waals surface area contributed by atoms with Crippen LogP contribution in [-0.2, 0) is 11.3 Å². The summed E-state index contributed by atoms with van der Waals surface area (Å²) in [6.45, 7) is 6.47. The smallest absolute Gasteiger partial charge is 0.217 e. The molecule has 1 unspecified atom stereocenters. The Morgan fingerprint density at radius 2 is 2.33 bits per heavy atom. The van der Waals surface area contributed by atoms with Gasteiger partial charge in [0.25, 0.3) is 0 Å². The average Bonchev–Trinajstić information content (AvgIpc) is 3.03. The van der Waals surface area contributed by atoms with E-state index in [1.54, 1.807) is 6.20 Å². The number of likely N-dealkylation sites (tertiary alicyclic amines) is 1. The molecule has 0 aromatic carbocycles. The SMILES string of the molecule is CCNC(=NCCCn1ccnc1)N1CCCC(CC(N)=O)C1.I. The quantitative estimate of drug-likeness (QED) is 0.286. The number of amides is 1. The van der Waals surface area contributed by atoms with Gasteiger partial charge in [-0.25, -0.2) is 4.98 Å². The van der Waals surface area contributed by atoms with Gasteiger partial charge in [-0.1, -0.05) is 0 Å². The van der Waals surface area contributed by atoms with Gasteiger partial charge >= 0.3 is 0 Å². The van der Waals surface area contributed by atoms with Crippen LogP contribution in [0, 0.1) is 5.92 Å². The number of hydrogen-bond acceptors (Lipinski definition) is 3. The van der Waals surface area contributed by atoms with Crippen molar-refractivity contribution in [3.8, 4) is 0 Å². The van der Waals surface area contributed by atoms with E-state index in [1.807, 2.05) is 12.5 Å². The number of carbonyl (C=O) groups is 1. The Bertz CT molecular complexity index is 505. The summed E-state index contributed by atoms with van der Waals surface area (Å²) in [4.78, 5) is 22.2. The maximum Gasteiger partial charge on any atom is 0.217 e. The van der Waals surface area contributed by atoms with Crippen LogP contribution in [0.1, 0.15) is 32.6 Å². The third-order valence-corrected chi connectivity index (χ3v) is 4.04. The minimum Gasteiger partial charge on any atom is -0.370 e. The molecule has 1 aromatic rings. The van der Waals surface area contributed by atoms with Crippen molar-refractivity contribution in [1.82, 2.24) is 19.8 Å². The van der Waals surface area contributed by atoms with E-state index in [0.29, 0.717) is 12.3 Å². The Kier molecular flexibility index (Phi) is 9.73. The molecule has 1 aliphatic heterocycles. The molecule has 2 heterocycles. The Hall–Kier alpha value is -1.32. The lowest BCUT2D eigenvalue weighted by Crippen LogP contribution is -2.47. The number of hydrogen-bond donors (Lipinski definition) is 2. The molecule has 1 aliphatic rings. The van der Waals surface area contributed by atoms with Gasteiger partial charge in [0.2, 0.25) is 5.91 Å². The first kappa shape index (κ1) is 20.7. The summed E-state index contributed by atoms with van der Waals surface area (Å²) in [5, 5.41) is 3.36. The minimum absolute atomic E-state index is 0. The van der Waals surface area contributed by atoms with Crippen molar-refractivity contribution in [3.05, 3.63) is 18.7 Å². The lowest BCUT2D eigenvalue weighted by molar-refractivity contribution is -0.119. The molecule has 136 valence electrons. The predicted octanol–water partition coefficient (Wildman–Crippen LogP) is 1.44. The standard InChI is InChI=1S/C16H28N6O.HI/c1-2-19-16(20-6-4-8-21-10-7-18-13-21)22-9-3-5-14(12-22)11-15(17)23;/h7,10,13-14H,2-6,8-9,11-12H2,1H3,(H2,17,23)(H,19,20);1H. The van der Waals surface area contributed by atoms with E-state index in [9.17, 15) is 4.79 Å². The fourth-order valence-corrected chi connectivity index (χ4v) is 2.99. The van der Waals surface area contributed by atoms with Crippen molar-refractivity contribution in [2.75, 3.05) is 26.2 Å². The molecule has 0 spiro atoms. The molecular weight excluding hydrogens is 419 g/mol. The molecule has 24 heavy (non-hydrogen) atoms. The highest BCUT2D eigenvalue weighted by Gasteiger charge is 2.23. The van der Waals surface area contributed by atoms with Gasteiger partial charge in [-0.05, 0) is 32.1 Å². The van der Waals surface area contributed by atoms with Gasteiger partial charge in [0.05, 0.1) is 6.33 Å². The fraction of sp³-hybridized carbons (Fsp3) is 0.688. The Morgan fingerprint density at radius 1 is 1.50 bits per heavy atom. The van der Waals surface area contributed by atoms with Crippen LogP contribution in [0.15, 0.2) is 23.7 Å². The highest BCUT2D eigenvalue weighted by Crippen LogP contribution is 2.19. The van der Waals surface area contributed by atoms with Crippen LogP contribution in [0.5, 0.6) is 0 Å². The number of piperidine rings is 1. The van der Waals surface area contributed by atoms with Gasteiger partial charge in [-0.15, -0.1) is 24.0 Å². The third kappa shape index (κ3) is 7.06. The molecule has 7 nitrogen and oxygen atoms in total. The molecule has 8 heteroatoms. The van der Waals surface area contributed by atoms with E-state index in [2.05, 4.69) is 26.7 Å². The molecule has 1 saturated heterocycles. The van der Waals surface area contributed by atoms with Gasteiger partial charge in [0.15, 0.2) is 5.96 Å². The number of aryl methyl sites for hydroxylation is 1. The van der Waals surface area contributed by atoms with Gasteiger partial charge in [0, 0.05) is 51.5 Å². The number of carbonyl (C=O) groups excluding carboxylic acids is 1. The van der Waals surface area contributed by atoms with Crippen molar-refractivity contribution in [3.63, 3.8) is 0 Å². The fourth-order valence-electron chi connectivity index (χ4n) is 2.99. The lowest BCUT2D eigenvalue weighted by atomic mass is 9.95. The molecule has 0 saturated carbocycles. The predicted molar refractivity (Wildman–Crippen MR) is 106 cm³/mol. The van der Waals surface area contributed by atoms with Crippen LogP contribution < -0.4 is 11.1 Å². The zero-order chi connectivity index (χ0) is 16.5. The van der Waals surface area contributed by atoms with Gasteiger partial charge < -0.3 is 20.5 Å². The zero-order valence-corrected chi connectivity index (χ0v) is 16.7. The van der Waals surface area contributed by atoms with E-state index < -0.39 is 0 Å². The second-order valence-electron chi connectivity index (χ2n) is 6.01.